The highest BCUT2D eigenvalue weighted by Crippen LogP contribution is 2.32. The van der Waals surface area contributed by atoms with Crippen LogP contribution in [0, 0.1) is 11.3 Å². The highest BCUT2D eigenvalue weighted by Gasteiger charge is 2.28. The molecule has 1 nitrogen and oxygen atoms in total. The van der Waals surface area contributed by atoms with E-state index in [4.69, 9.17) is 0 Å². The fraction of sp³-hybridized carbons (Fsp3) is 0.133. The van der Waals surface area contributed by atoms with E-state index in [9.17, 15) is 5.26 Å². The lowest BCUT2D eigenvalue weighted by Crippen LogP contribution is -2.21. The second-order valence-corrected chi connectivity index (χ2v) is 3.90. The largest absolute Gasteiger partial charge is 0.197 e. The molecule has 1 atom stereocenters. The topological polar surface area (TPSA) is 23.8 Å². The second-order valence-electron chi connectivity index (χ2n) is 3.90. The number of nitriles is 1. The van der Waals surface area contributed by atoms with E-state index in [-0.39, 0.29) is 0 Å². The van der Waals surface area contributed by atoms with Crippen LogP contribution in [-0.2, 0) is 5.41 Å². The minimum absolute atomic E-state index is 0.492. The van der Waals surface area contributed by atoms with Gasteiger partial charge in [-0.1, -0.05) is 61.2 Å². The summed E-state index contributed by atoms with van der Waals surface area (Å²) in [5, 5.41) is 9.37. The number of benzene rings is 1. The average molecular weight is 207 g/mol. The third-order valence-corrected chi connectivity index (χ3v) is 2.93. The molecule has 0 radical (unpaired) electrons. The fourth-order valence-electron chi connectivity index (χ4n) is 1.90. The van der Waals surface area contributed by atoms with Crippen LogP contribution >= 0.6 is 0 Å². The highest BCUT2D eigenvalue weighted by molar-refractivity contribution is 5.50. The van der Waals surface area contributed by atoms with E-state index in [1.807, 2.05) is 48.6 Å². The molecule has 0 N–H and O–H groups in total. The summed E-state index contributed by atoms with van der Waals surface area (Å²) in [4.78, 5) is 0. The van der Waals surface area contributed by atoms with Gasteiger partial charge in [0.25, 0.3) is 0 Å². The number of rotatable bonds is 2. The quantitative estimate of drug-likeness (QED) is 0.726. The zero-order valence-corrected chi connectivity index (χ0v) is 9.06. The molecule has 0 aliphatic heterocycles. The molecule has 0 saturated carbocycles. The zero-order chi connectivity index (χ0) is 11.4. The van der Waals surface area contributed by atoms with Crippen LogP contribution in [0.2, 0.25) is 0 Å². The van der Waals surface area contributed by atoms with Crippen LogP contribution in [0.5, 0.6) is 0 Å². The molecule has 0 aromatic heterocycles. The summed E-state index contributed by atoms with van der Waals surface area (Å²) in [6.07, 6.45) is 10.5. The minimum Gasteiger partial charge on any atom is -0.197 e. The van der Waals surface area contributed by atoms with E-state index in [2.05, 4.69) is 12.6 Å². The Morgan fingerprint density at radius 1 is 1.25 bits per heavy atom. The van der Waals surface area contributed by atoms with Gasteiger partial charge in [0.15, 0.2) is 0 Å². The third kappa shape index (κ3) is 1.70. The SMILES string of the molecule is C=Cc1ccc(C2(C#N)C=CC=CC2)cc1. The number of allylic oxidation sites excluding steroid dienone is 4. The van der Waals surface area contributed by atoms with Crippen molar-refractivity contribution in [2.24, 2.45) is 0 Å². The maximum atomic E-state index is 9.37. The van der Waals surface area contributed by atoms with Gasteiger partial charge < -0.3 is 0 Å². The Labute approximate surface area is 96.0 Å². The van der Waals surface area contributed by atoms with Gasteiger partial charge in [-0.15, -0.1) is 0 Å². The van der Waals surface area contributed by atoms with Gasteiger partial charge in [0, 0.05) is 0 Å². The van der Waals surface area contributed by atoms with Crippen molar-refractivity contribution in [1.82, 2.24) is 0 Å². The number of hydrogen-bond acceptors (Lipinski definition) is 1. The van der Waals surface area contributed by atoms with Crippen LogP contribution < -0.4 is 0 Å². The van der Waals surface area contributed by atoms with Crippen molar-refractivity contribution in [3.05, 3.63) is 66.3 Å². The fourth-order valence-corrected chi connectivity index (χ4v) is 1.90. The Bertz CT molecular complexity index is 485. The molecule has 1 aromatic rings. The Balaban J connectivity index is 2.42. The molecule has 1 unspecified atom stereocenters. The predicted molar refractivity (Wildman–Crippen MR) is 66.7 cm³/mol. The summed E-state index contributed by atoms with van der Waals surface area (Å²) in [7, 11) is 0. The summed E-state index contributed by atoms with van der Waals surface area (Å²) in [5.41, 5.74) is 1.63. The van der Waals surface area contributed by atoms with Crippen LogP contribution in [0.25, 0.3) is 6.08 Å². The highest BCUT2D eigenvalue weighted by atomic mass is 14.4. The Kier molecular flexibility index (Phi) is 2.74. The predicted octanol–water partition coefficient (Wildman–Crippen LogP) is 3.61. The van der Waals surface area contributed by atoms with Gasteiger partial charge in [-0.2, -0.15) is 5.26 Å². The maximum Gasteiger partial charge on any atom is 0.104 e. The summed E-state index contributed by atoms with van der Waals surface area (Å²) < 4.78 is 0. The maximum absolute atomic E-state index is 9.37. The van der Waals surface area contributed by atoms with Gasteiger partial charge in [-0.3, -0.25) is 0 Å². The van der Waals surface area contributed by atoms with Gasteiger partial charge in [-0.25, -0.2) is 0 Å². The van der Waals surface area contributed by atoms with Crippen LogP contribution in [0.3, 0.4) is 0 Å². The van der Waals surface area contributed by atoms with E-state index >= 15 is 0 Å². The molecule has 0 spiro atoms. The normalized spacial score (nSPS) is 22.7. The van der Waals surface area contributed by atoms with E-state index in [1.165, 1.54) is 0 Å². The first-order valence-corrected chi connectivity index (χ1v) is 5.29. The molecule has 0 amide bonds. The summed E-state index contributed by atoms with van der Waals surface area (Å²) in [6.45, 7) is 3.72. The first kappa shape index (κ1) is 10.4. The molecule has 2 rings (SSSR count). The van der Waals surface area contributed by atoms with Gasteiger partial charge in [0.2, 0.25) is 0 Å². The van der Waals surface area contributed by atoms with Crippen molar-refractivity contribution in [1.29, 1.82) is 5.26 Å². The van der Waals surface area contributed by atoms with Crippen molar-refractivity contribution in [3.8, 4) is 6.07 Å². The molecule has 1 aliphatic rings. The molecular weight excluding hydrogens is 194 g/mol. The molecule has 1 aliphatic carbocycles. The van der Waals surface area contributed by atoms with Crippen molar-refractivity contribution in [2.75, 3.05) is 0 Å². The second kappa shape index (κ2) is 4.20. The Hall–Kier alpha value is -2.07. The first-order chi connectivity index (χ1) is 7.80. The molecule has 78 valence electrons. The zero-order valence-electron chi connectivity index (χ0n) is 9.06. The first-order valence-electron chi connectivity index (χ1n) is 5.29. The van der Waals surface area contributed by atoms with Gasteiger partial charge in [-0.05, 0) is 17.5 Å². The van der Waals surface area contributed by atoms with E-state index in [0.717, 1.165) is 17.5 Å². The van der Waals surface area contributed by atoms with Gasteiger partial charge >= 0.3 is 0 Å². The molecule has 0 saturated heterocycles. The summed E-state index contributed by atoms with van der Waals surface area (Å²) in [6, 6.07) is 10.4. The van der Waals surface area contributed by atoms with Crippen molar-refractivity contribution >= 4 is 6.08 Å². The van der Waals surface area contributed by atoms with Gasteiger partial charge in [0.05, 0.1) is 6.07 Å². The van der Waals surface area contributed by atoms with Crippen molar-refractivity contribution in [2.45, 2.75) is 11.8 Å². The molecule has 1 aromatic carbocycles. The Morgan fingerprint density at radius 2 is 2.00 bits per heavy atom. The molecule has 0 heterocycles. The number of hydrogen-bond donors (Lipinski definition) is 0. The molecule has 0 fully saturated rings. The third-order valence-electron chi connectivity index (χ3n) is 2.93. The number of nitrogens with zero attached hydrogens (tertiary/aromatic N) is 1. The Morgan fingerprint density at radius 3 is 2.50 bits per heavy atom. The smallest absolute Gasteiger partial charge is 0.104 e. The standard InChI is InChI=1S/C15H13N/c1-2-13-6-8-14(9-7-13)15(12-16)10-4-3-5-11-15/h2-10H,1,11H2. The minimum atomic E-state index is -0.492. The molecule has 16 heavy (non-hydrogen) atoms. The molecular formula is C15H13N. The van der Waals surface area contributed by atoms with E-state index in [0.29, 0.717) is 0 Å². The van der Waals surface area contributed by atoms with Crippen LogP contribution in [-0.4, -0.2) is 0 Å². The van der Waals surface area contributed by atoms with Crippen LogP contribution in [0.1, 0.15) is 17.5 Å². The van der Waals surface area contributed by atoms with Crippen molar-refractivity contribution in [3.63, 3.8) is 0 Å². The lowest BCUT2D eigenvalue weighted by molar-refractivity contribution is 0.691. The van der Waals surface area contributed by atoms with Gasteiger partial charge in [0.1, 0.15) is 5.41 Å². The monoisotopic (exact) mass is 207 g/mol. The lowest BCUT2D eigenvalue weighted by Gasteiger charge is -2.23. The lowest BCUT2D eigenvalue weighted by atomic mass is 9.77. The van der Waals surface area contributed by atoms with Crippen LogP contribution in [0.4, 0.5) is 0 Å². The summed E-state index contributed by atoms with van der Waals surface area (Å²) >= 11 is 0. The summed E-state index contributed by atoms with van der Waals surface area (Å²) in [5.74, 6) is 0. The van der Waals surface area contributed by atoms with Crippen molar-refractivity contribution < 1.29 is 0 Å². The van der Waals surface area contributed by atoms with E-state index < -0.39 is 5.41 Å². The van der Waals surface area contributed by atoms with E-state index in [1.54, 1.807) is 6.08 Å². The average Bonchev–Trinajstić information content (AvgIpc) is 2.39. The molecule has 1 heteroatoms. The van der Waals surface area contributed by atoms with Crippen LogP contribution in [0.15, 0.2) is 55.1 Å². The molecule has 0 bridgehead atoms.